The highest BCUT2D eigenvalue weighted by Crippen LogP contribution is 2.27. The van der Waals surface area contributed by atoms with Crippen LogP contribution < -0.4 is 5.32 Å². The van der Waals surface area contributed by atoms with Crippen LogP contribution in [0.3, 0.4) is 0 Å². The molecule has 1 amide bonds. The fourth-order valence-electron chi connectivity index (χ4n) is 2.83. The maximum absolute atomic E-state index is 12.1. The summed E-state index contributed by atoms with van der Waals surface area (Å²) in [7, 11) is 0. The Bertz CT molecular complexity index is 583. The zero-order valence-electron chi connectivity index (χ0n) is 15.5. The van der Waals surface area contributed by atoms with Crippen LogP contribution in [0.2, 0.25) is 0 Å². The van der Waals surface area contributed by atoms with Crippen molar-refractivity contribution in [3.8, 4) is 0 Å². The van der Waals surface area contributed by atoms with Gasteiger partial charge in [0.2, 0.25) is 0 Å². The highest BCUT2D eigenvalue weighted by Gasteiger charge is 2.24. The van der Waals surface area contributed by atoms with Gasteiger partial charge >= 0.3 is 0 Å². The number of thiophene rings is 2. The Kier molecular flexibility index (Phi) is 11.8. The molecular weight excluding hydrogens is 388 g/mol. The first-order valence-electron chi connectivity index (χ1n) is 8.93. The second-order valence-electron chi connectivity index (χ2n) is 5.74. The Hall–Kier alpha value is -0.920. The summed E-state index contributed by atoms with van der Waals surface area (Å²) in [4.78, 5) is 16.7. The maximum Gasteiger partial charge on any atom is 0.261 e. The van der Waals surface area contributed by atoms with Crippen LogP contribution in [0, 0.1) is 0 Å². The van der Waals surface area contributed by atoms with Crippen LogP contribution in [0.15, 0.2) is 35.0 Å². The standard InChI is InChI=1S/C15H18N2OS2.C4H10O.ClH/c18-15(14-6-4-10-20-14)16-11-12(13-5-3-9-19-13)17-7-1-2-8-17;1-3-5-4-2;/h3-6,9-10,12H,1-2,7-8,11H2,(H,16,18);3-4H2,1-2H3;1H. The molecule has 0 radical (unpaired) electrons. The van der Waals surface area contributed by atoms with E-state index in [0.29, 0.717) is 12.6 Å². The second kappa shape index (κ2) is 13.3. The molecule has 26 heavy (non-hydrogen) atoms. The highest BCUT2D eigenvalue weighted by atomic mass is 35.5. The number of hydrogen-bond acceptors (Lipinski definition) is 5. The van der Waals surface area contributed by atoms with Gasteiger partial charge in [0.25, 0.3) is 5.91 Å². The summed E-state index contributed by atoms with van der Waals surface area (Å²) in [6.45, 7) is 8.63. The Labute approximate surface area is 171 Å². The summed E-state index contributed by atoms with van der Waals surface area (Å²) in [5.74, 6) is 0.0424. The van der Waals surface area contributed by atoms with E-state index >= 15 is 0 Å². The molecule has 1 aliphatic rings. The first-order chi connectivity index (χ1) is 12.3. The van der Waals surface area contributed by atoms with E-state index in [9.17, 15) is 4.79 Å². The Morgan fingerprint density at radius 1 is 1.15 bits per heavy atom. The van der Waals surface area contributed by atoms with Crippen LogP contribution in [-0.2, 0) is 4.74 Å². The van der Waals surface area contributed by atoms with Gasteiger partial charge in [-0.05, 0) is 62.7 Å². The van der Waals surface area contributed by atoms with Gasteiger partial charge in [-0.15, -0.1) is 35.1 Å². The highest BCUT2D eigenvalue weighted by molar-refractivity contribution is 7.12. The third kappa shape index (κ3) is 7.37. The van der Waals surface area contributed by atoms with Crippen LogP contribution in [-0.4, -0.2) is 43.7 Å². The number of amides is 1. The van der Waals surface area contributed by atoms with Gasteiger partial charge in [0.05, 0.1) is 10.9 Å². The average Bonchev–Trinajstić information content (AvgIpc) is 3.38. The monoisotopic (exact) mass is 416 g/mol. The molecule has 7 heteroatoms. The lowest BCUT2D eigenvalue weighted by atomic mass is 10.2. The summed E-state index contributed by atoms with van der Waals surface area (Å²) < 4.78 is 4.83. The molecule has 2 aromatic rings. The minimum absolute atomic E-state index is 0. The van der Waals surface area contributed by atoms with Crippen LogP contribution >= 0.6 is 35.1 Å². The van der Waals surface area contributed by atoms with Crippen LogP contribution in [0.1, 0.15) is 47.3 Å². The number of ether oxygens (including phenoxy) is 1. The van der Waals surface area contributed by atoms with Crippen LogP contribution in [0.5, 0.6) is 0 Å². The molecule has 3 heterocycles. The van der Waals surface area contributed by atoms with Crippen molar-refractivity contribution >= 4 is 41.0 Å². The van der Waals surface area contributed by atoms with Crippen molar-refractivity contribution in [3.63, 3.8) is 0 Å². The topological polar surface area (TPSA) is 41.6 Å². The van der Waals surface area contributed by atoms with E-state index in [2.05, 4.69) is 27.7 Å². The molecule has 0 spiro atoms. The van der Waals surface area contributed by atoms with Crippen molar-refractivity contribution in [1.29, 1.82) is 0 Å². The number of halogens is 1. The van der Waals surface area contributed by atoms with Crippen molar-refractivity contribution in [2.45, 2.75) is 32.7 Å². The van der Waals surface area contributed by atoms with Crippen molar-refractivity contribution in [3.05, 3.63) is 44.8 Å². The number of nitrogens with one attached hydrogen (secondary N) is 1. The number of carbonyl (C=O) groups is 1. The number of carbonyl (C=O) groups excluding carboxylic acids is 1. The summed E-state index contributed by atoms with van der Waals surface area (Å²) in [6, 6.07) is 8.36. The predicted molar refractivity (Wildman–Crippen MR) is 114 cm³/mol. The number of hydrogen-bond donors (Lipinski definition) is 1. The maximum atomic E-state index is 12.1. The molecule has 1 unspecified atom stereocenters. The van der Waals surface area contributed by atoms with Crippen molar-refractivity contribution in [2.24, 2.45) is 0 Å². The zero-order valence-corrected chi connectivity index (χ0v) is 17.9. The van der Waals surface area contributed by atoms with Gasteiger partial charge in [-0.3, -0.25) is 9.69 Å². The van der Waals surface area contributed by atoms with E-state index in [-0.39, 0.29) is 18.3 Å². The van der Waals surface area contributed by atoms with Crippen LogP contribution in [0.4, 0.5) is 0 Å². The summed E-state index contributed by atoms with van der Waals surface area (Å²) in [5, 5.41) is 7.13. The molecular formula is C19H29ClN2O2S2. The van der Waals surface area contributed by atoms with E-state index in [1.165, 1.54) is 29.1 Å². The number of nitrogens with zero attached hydrogens (tertiary/aromatic N) is 1. The van der Waals surface area contributed by atoms with Gasteiger partial charge in [0, 0.05) is 24.6 Å². The lowest BCUT2D eigenvalue weighted by Crippen LogP contribution is -2.36. The lowest BCUT2D eigenvalue weighted by molar-refractivity contribution is 0.0942. The molecule has 4 nitrogen and oxygen atoms in total. The first kappa shape index (κ1) is 23.1. The second-order valence-corrected chi connectivity index (χ2v) is 7.67. The van der Waals surface area contributed by atoms with Gasteiger partial charge in [0.1, 0.15) is 0 Å². The molecule has 1 aliphatic heterocycles. The van der Waals surface area contributed by atoms with Crippen LogP contribution in [0.25, 0.3) is 0 Å². The predicted octanol–water partition coefficient (Wildman–Crippen LogP) is 4.84. The molecule has 0 bridgehead atoms. The van der Waals surface area contributed by atoms with E-state index < -0.39 is 0 Å². The first-order valence-corrected chi connectivity index (χ1v) is 10.7. The summed E-state index contributed by atoms with van der Waals surface area (Å²) in [6.07, 6.45) is 2.53. The van der Waals surface area contributed by atoms with Crippen molar-refractivity contribution in [2.75, 3.05) is 32.8 Å². The van der Waals surface area contributed by atoms with Gasteiger partial charge < -0.3 is 10.1 Å². The zero-order chi connectivity index (χ0) is 17.9. The Balaban J connectivity index is 0.000000501. The molecule has 3 rings (SSSR count). The molecule has 1 fully saturated rings. The minimum Gasteiger partial charge on any atom is -0.382 e. The largest absolute Gasteiger partial charge is 0.382 e. The molecule has 1 saturated heterocycles. The van der Waals surface area contributed by atoms with E-state index in [0.717, 1.165) is 31.2 Å². The average molecular weight is 417 g/mol. The summed E-state index contributed by atoms with van der Waals surface area (Å²) in [5.41, 5.74) is 0. The third-order valence-corrected chi connectivity index (χ3v) is 5.90. The van der Waals surface area contributed by atoms with E-state index in [1.807, 2.05) is 31.4 Å². The lowest BCUT2D eigenvalue weighted by Gasteiger charge is -2.26. The SMILES string of the molecule is CCOCC.Cl.O=C(NCC(c1cccs1)N1CCCC1)c1cccs1. The molecule has 146 valence electrons. The minimum atomic E-state index is 0. The smallest absolute Gasteiger partial charge is 0.261 e. The quantitative estimate of drug-likeness (QED) is 0.702. The Morgan fingerprint density at radius 3 is 2.31 bits per heavy atom. The normalized spacial score (nSPS) is 14.8. The molecule has 1 N–H and O–H groups in total. The third-order valence-electron chi connectivity index (χ3n) is 4.06. The molecule has 1 atom stereocenters. The Morgan fingerprint density at radius 2 is 1.81 bits per heavy atom. The van der Waals surface area contributed by atoms with E-state index in [1.54, 1.807) is 11.3 Å². The fourth-order valence-corrected chi connectivity index (χ4v) is 4.33. The van der Waals surface area contributed by atoms with Crippen molar-refractivity contribution < 1.29 is 9.53 Å². The van der Waals surface area contributed by atoms with Gasteiger partial charge in [-0.1, -0.05) is 12.1 Å². The van der Waals surface area contributed by atoms with Gasteiger partial charge in [-0.2, -0.15) is 0 Å². The van der Waals surface area contributed by atoms with E-state index in [4.69, 9.17) is 4.74 Å². The number of rotatable bonds is 7. The number of likely N-dealkylation sites (tertiary alicyclic amines) is 1. The van der Waals surface area contributed by atoms with Gasteiger partial charge in [-0.25, -0.2) is 0 Å². The molecule has 0 aromatic carbocycles. The fraction of sp³-hybridized carbons (Fsp3) is 0.526. The molecule has 0 aliphatic carbocycles. The summed E-state index contributed by atoms with van der Waals surface area (Å²) >= 11 is 3.27. The molecule has 2 aromatic heterocycles. The van der Waals surface area contributed by atoms with Gasteiger partial charge in [0.15, 0.2) is 0 Å². The van der Waals surface area contributed by atoms with Crippen molar-refractivity contribution in [1.82, 2.24) is 10.2 Å². The molecule has 0 saturated carbocycles.